The van der Waals surface area contributed by atoms with Gasteiger partial charge in [-0.15, -0.1) is 11.8 Å². The van der Waals surface area contributed by atoms with Crippen molar-refractivity contribution in [2.45, 2.75) is 30.4 Å². The van der Waals surface area contributed by atoms with Crippen molar-refractivity contribution in [3.8, 4) is 0 Å². The third-order valence-electron chi connectivity index (χ3n) is 2.66. The number of rotatable bonds is 5. The molecule has 0 amide bonds. The highest BCUT2D eigenvalue weighted by Gasteiger charge is 2.08. The van der Waals surface area contributed by atoms with Crippen molar-refractivity contribution in [1.29, 1.82) is 0 Å². The van der Waals surface area contributed by atoms with Gasteiger partial charge in [-0.3, -0.25) is 4.79 Å². The summed E-state index contributed by atoms with van der Waals surface area (Å²) in [4.78, 5) is 20.2. The summed E-state index contributed by atoms with van der Waals surface area (Å²) >= 11 is 10.8. The number of hydrogen-bond acceptors (Lipinski definition) is 3. The average molecular weight is 374 g/mol. The molecule has 0 fully saturated rings. The summed E-state index contributed by atoms with van der Waals surface area (Å²) in [5.74, 6) is 1.32. The number of thioether (sulfide) groups is 1. The number of H-pyrrole nitrogens is 1. The molecular weight excluding hydrogens is 360 g/mol. The normalized spacial score (nSPS) is 10.8. The van der Waals surface area contributed by atoms with Crippen molar-refractivity contribution in [1.82, 2.24) is 9.97 Å². The molecule has 3 nitrogen and oxygen atoms in total. The highest BCUT2D eigenvalue weighted by molar-refractivity contribution is 9.10. The molecule has 0 aliphatic heterocycles. The standard InChI is InChI=1S/C14H14BrClN2OS/c1-2-3-11-13(15)14(19)18-12(17-11)8-20-10-6-4-9(16)5-7-10/h4-7H,2-3,8H2,1H3,(H,17,18,19). The fourth-order valence-corrected chi connectivity index (χ4v) is 2.99. The first-order chi connectivity index (χ1) is 9.60. The molecule has 0 saturated carbocycles. The fraction of sp³-hybridized carbons (Fsp3) is 0.286. The van der Waals surface area contributed by atoms with Crippen molar-refractivity contribution in [3.63, 3.8) is 0 Å². The quantitative estimate of drug-likeness (QED) is 0.789. The van der Waals surface area contributed by atoms with Gasteiger partial charge in [-0.2, -0.15) is 0 Å². The maximum atomic E-state index is 11.8. The third-order valence-corrected chi connectivity index (χ3v) is 4.75. The fourth-order valence-electron chi connectivity index (χ4n) is 1.71. The topological polar surface area (TPSA) is 45.8 Å². The van der Waals surface area contributed by atoms with Crippen molar-refractivity contribution in [2.75, 3.05) is 0 Å². The molecule has 1 aromatic carbocycles. The van der Waals surface area contributed by atoms with E-state index in [9.17, 15) is 4.79 Å². The second-order valence-corrected chi connectivity index (χ2v) is 6.54. The predicted molar refractivity (Wildman–Crippen MR) is 87.6 cm³/mol. The van der Waals surface area contributed by atoms with Gasteiger partial charge in [0.25, 0.3) is 5.56 Å². The van der Waals surface area contributed by atoms with Crippen molar-refractivity contribution < 1.29 is 0 Å². The van der Waals surface area contributed by atoms with Gasteiger partial charge in [0.2, 0.25) is 0 Å². The Labute approximate surface area is 135 Å². The Kier molecular flexibility index (Phi) is 5.69. The minimum atomic E-state index is -0.116. The van der Waals surface area contributed by atoms with Crippen LogP contribution in [0.4, 0.5) is 0 Å². The van der Waals surface area contributed by atoms with Crippen LogP contribution in [0.5, 0.6) is 0 Å². The van der Waals surface area contributed by atoms with E-state index in [1.54, 1.807) is 11.8 Å². The first-order valence-corrected chi connectivity index (χ1v) is 8.41. The molecular formula is C14H14BrClN2OS. The zero-order chi connectivity index (χ0) is 14.5. The van der Waals surface area contributed by atoms with E-state index >= 15 is 0 Å². The molecule has 0 radical (unpaired) electrons. The van der Waals surface area contributed by atoms with Crippen LogP contribution in [-0.4, -0.2) is 9.97 Å². The summed E-state index contributed by atoms with van der Waals surface area (Å²) in [6, 6.07) is 7.61. The average Bonchev–Trinajstić information content (AvgIpc) is 2.44. The molecule has 6 heteroatoms. The van der Waals surface area contributed by atoms with E-state index in [2.05, 4.69) is 32.8 Å². The van der Waals surface area contributed by atoms with E-state index in [4.69, 9.17) is 11.6 Å². The number of hydrogen-bond donors (Lipinski definition) is 1. The van der Waals surface area contributed by atoms with Crippen LogP contribution < -0.4 is 5.56 Å². The molecule has 0 bridgehead atoms. The molecule has 0 unspecified atom stereocenters. The van der Waals surface area contributed by atoms with Crippen LogP contribution in [0.25, 0.3) is 0 Å². The number of nitrogens with zero attached hydrogens (tertiary/aromatic N) is 1. The highest BCUT2D eigenvalue weighted by atomic mass is 79.9. The van der Waals surface area contributed by atoms with Crippen LogP contribution in [-0.2, 0) is 12.2 Å². The molecule has 1 aromatic heterocycles. The Hall–Kier alpha value is -0.780. The Bertz CT molecular complexity index is 643. The molecule has 1 heterocycles. The number of benzene rings is 1. The second-order valence-electron chi connectivity index (χ2n) is 4.27. The van der Waals surface area contributed by atoms with Crippen molar-refractivity contribution >= 4 is 39.3 Å². The van der Waals surface area contributed by atoms with E-state index in [-0.39, 0.29) is 5.56 Å². The lowest BCUT2D eigenvalue weighted by molar-refractivity contribution is 0.835. The Balaban J connectivity index is 2.13. The Morgan fingerprint density at radius 2 is 2.05 bits per heavy atom. The summed E-state index contributed by atoms with van der Waals surface area (Å²) in [7, 11) is 0. The molecule has 1 N–H and O–H groups in total. The minimum Gasteiger partial charge on any atom is -0.309 e. The molecule has 106 valence electrons. The lowest BCUT2D eigenvalue weighted by Crippen LogP contribution is -2.15. The second kappa shape index (κ2) is 7.29. The van der Waals surface area contributed by atoms with Crippen LogP contribution in [0.2, 0.25) is 5.02 Å². The van der Waals surface area contributed by atoms with E-state index in [1.165, 1.54) is 0 Å². The molecule has 2 rings (SSSR count). The van der Waals surface area contributed by atoms with Crippen LogP contribution in [0, 0.1) is 0 Å². The van der Waals surface area contributed by atoms with Crippen molar-refractivity contribution in [2.24, 2.45) is 0 Å². The summed E-state index contributed by atoms with van der Waals surface area (Å²) < 4.78 is 0.541. The maximum Gasteiger partial charge on any atom is 0.265 e. The van der Waals surface area contributed by atoms with Gasteiger partial charge in [-0.1, -0.05) is 24.9 Å². The van der Waals surface area contributed by atoms with Crippen LogP contribution in [0.1, 0.15) is 24.9 Å². The number of nitrogens with one attached hydrogen (secondary N) is 1. The summed E-state index contributed by atoms with van der Waals surface area (Å²) in [6.45, 7) is 2.07. The molecule has 0 atom stereocenters. The van der Waals surface area contributed by atoms with E-state index in [0.29, 0.717) is 16.0 Å². The van der Waals surface area contributed by atoms with Gasteiger partial charge in [0, 0.05) is 9.92 Å². The lowest BCUT2D eigenvalue weighted by Gasteiger charge is -2.06. The van der Waals surface area contributed by atoms with Gasteiger partial charge in [-0.05, 0) is 46.6 Å². The monoisotopic (exact) mass is 372 g/mol. The van der Waals surface area contributed by atoms with E-state index in [0.717, 1.165) is 28.5 Å². The SMILES string of the molecule is CCCc1nc(CSc2ccc(Cl)cc2)[nH]c(=O)c1Br. The summed E-state index contributed by atoms with van der Waals surface area (Å²) in [5, 5.41) is 0.717. The van der Waals surface area contributed by atoms with Crippen LogP contribution in [0.15, 0.2) is 38.4 Å². The van der Waals surface area contributed by atoms with E-state index in [1.807, 2.05) is 24.3 Å². The minimum absolute atomic E-state index is 0.116. The molecule has 2 aromatic rings. The van der Waals surface area contributed by atoms with Crippen LogP contribution in [0.3, 0.4) is 0 Å². The molecule has 0 aliphatic carbocycles. The third kappa shape index (κ3) is 4.11. The van der Waals surface area contributed by atoms with Gasteiger partial charge >= 0.3 is 0 Å². The smallest absolute Gasteiger partial charge is 0.265 e. The molecule has 0 spiro atoms. The Morgan fingerprint density at radius 1 is 1.35 bits per heavy atom. The lowest BCUT2D eigenvalue weighted by atomic mass is 10.2. The summed E-state index contributed by atoms with van der Waals surface area (Å²) in [5.41, 5.74) is 0.707. The maximum absolute atomic E-state index is 11.8. The highest BCUT2D eigenvalue weighted by Crippen LogP contribution is 2.23. The van der Waals surface area contributed by atoms with Gasteiger partial charge in [0.15, 0.2) is 0 Å². The largest absolute Gasteiger partial charge is 0.309 e. The molecule has 0 aliphatic rings. The summed E-state index contributed by atoms with van der Waals surface area (Å²) in [6.07, 6.45) is 1.75. The zero-order valence-corrected chi connectivity index (χ0v) is 14.1. The Morgan fingerprint density at radius 3 is 2.70 bits per heavy atom. The van der Waals surface area contributed by atoms with Crippen molar-refractivity contribution in [3.05, 3.63) is 55.6 Å². The first kappa shape index (κ1) is 15.6. The number of aryl methyl sites for hydroxylation is 1. The van der Waals surface area contributed by atoms with E-state index < -0.39 is 0 Å². The predicted octanol–water partition coefficient (Wildman–Crippen LogP) is 4.43. The zero-order valence-electron chi connectivity index (χ0n) is 11.0. The molecule has 20 heavy (non-hydrogen) atoms. The van der Waals surface area contributed by atoms with Gasteiger partial charge in [-0.25, -0.2) is 4.98 Å². The number of aromatic amines is 1. The van der Waals surface area contributed by atoms with Gasteiger partial charge in [0.05, 0.1) is 11.4 Å². The first-order valence-electron chi connectivity index (χ1n) is 6.26. The number of halogens is 2. The van der Waals surface area contributed by atoms with Gasteiger partial charge < -0.3 is 4.98 Å². The number of aromatic nitrogens is 2. The van der Waals surface area contributed by atoms with Gasteiger partial charge in [0.1, 0.15) is 10.3 Å². The molecule has 0 saturated heterocycles. The van der Waals surface area contributed by atoms with Crippen LogP contribution >= 0.6 is 39.3 Å².